The molecule has 0 N–H and O–H groups in total. The van der Waals surface area contributed by atoms with Crippen LogP contribution < -0.4 is 4.18 Å². The van der Waals surface area contributed by atoms with Crippen molar-refractivity contribution in [3.8, 4) is 5.75 Å². The van der Waals surface area contributed by atoms with Gasteiger partial charge in [-0.2, -0.15) is 8.42 Å². The van der Waals surface area contributed by atoms with Crippen molar-refractivity contribution in [2.75, 3.05) is 0 Å². The Hall–Kier alpha value is -1.93. The summed E-state index contributed by atoms with van der Waals surface area (Å²) in [5.74, 6) is 0.123. The summed E-state index contributed by atoms with van der Waals surface area (Å²) in [4.78, 5) is 10.1. The fourth-order valence-corrected chi connectivity index (χ4v) is 3.49. The van der Waals surface area contributed by atoms with Gasteiger partial charge in [-0.05, 0) is 43.2 Å². The number of benzene rings is 2. The normalized spacial score (nSPS) is 11.2. The van der Waals surface area contributed by atoms with E-state index in [2.05, 4.69) is 15.9 Å². The molecule has 0 aliphatic heterocycles. The Kier molecular flexibility index (Phi) is 4.52. The van der Waals surface area contributed by atoms with Gasteiger partial charge >= 0.3 is 10.1 Å². The molecule has 0 amide bonds. The van der Waals surface area contributed by atoms with E-state index in [1.807, 2.05) is 0 Å². The van der Waals surface area contributed by atoms with Crippen LogP contribution in [0.4, 0.5) is 5.69 Å². The highest BCUT2D eigenvalue weighted by molar-refractivity contribution is 9.10. The third-order valence-corrected chi connectivity index (χ3v) is 4.95. The molecule has 0 heterocycles. The van der Waals surface area contributed by atoms with Gasteiger partial charge < -0.3 is 4.18 Å². The van der Waals surface area contributed by atoms with Crippen LogP contribution in [0.15, 0.2) is 45.8 Å². The molecule has 0 aromatic heterocycles. The first kappa shape index (κ1) is 16.4. The zero-order chi connectivity index (χ0) is 16.5. The zero-order valence-electron chi connectivity index (χ0n) is 11.7. The molecule has 0 unspecified atom stereocenters. The average molecular weight is 386 g/mol. The van der Waals surface area contributed by atoms with E-state index in [0.29, 0.717) is 15.6 Å². The van der Waals surface area contributed by atoms with Crippen molar-refractivity contribution < 1.29 is 17.5 Å². The number of hydrogen-bond donors (Lipinski definition) is 0. The standard InChI is InChI=1S/C14H12BrNO5S/c1-9-6-12(16(17)18)8-14(10(9)2)22(19,20)21-13-5-3-4-11(15)7-13/h3-8H,1-2H3. The molecular formula is C14H12BrNO5S. The summed E-state index contributed by atoms with van der Waals surface area (Å²) in [5, 5.41) is 10.9. The number of nitro benzene ring substituents is 1. The Balaban J connectivity index is 2.51. The van der Waals surface area contributed by atoms with Crippen LogP contribution in [-0.2, 0) is 10.1 Å². The van der Waals surface area contributed by atoms with Crippen LogP contribution in [0.3, 0.4) is 0 Å². The minimum atomic E-state index is -4.16. The van der Waals surface area contributed by atoms with Gasteiger partial charge in [0.05, 0.1) is 4.92 Å². The second-order valence-corrected chi connectivity index (χ2v) is 7.07. The molecule has 2 aromatic carbocycles. The molecule has 2 rings (SSSR count). The fraction of sp³-hybridized carbons (Fsp3) is 0.143. The van der Waals surface area contributed by atoms with Gasteiger partial charge in [0, 0.05) is 16.6 Å². The maximum atomic E-state index is 12.4. The van der Waals surface area contributed by atoms with E-state index in [4.69, 9.17) is 4.18 Å². The van der Waals surface area contributed by atoms with E-state index in [1.165, 1.54) is 18.2 Å². The molecule has 22 heavy (non-hydrogen) atoms. The van der Waals surface area contributed by atoms with Crippen molar-refractivity contribution >= 4 is 31.7 Å². The Morgan fingerprint density at radius 2 is 1.86 bits per heavy atom. The third kappa shape index (κ3) is 3.45. The first-order chi connectivity index (χ1) is 10.2. The van der Waals surface area contributed by atoms with Crippen molar-refractivity contribution in [3.05, 3.63) is 62.1 Å². The second kappa shape index (κ2) is 6.05. The molecule has 2 aromatic rings. The van der Waals surface area contributed by atoms with Crippen LogP contribution in [0.1, 0.15) is 11.1 Å². The number of nitro groups is 1. The highest BCUT2D eigenvalue weighted by Crippen LogP contribution is 2.28. The molecule has 6 nitrogen and oxygen atoms in total. The van der Waals surface area contributed by atoms with Crippen molar-refractivity contribution in [1.29, 1.82) is 0 Å². The van der Waals surface area contributed by atoms with Crippen LogP contribution >= 0.6 is 15.9 Å². The summed E-state index contributed by atoms with van der Waals surface area (Å²) in [6, 6.07) is 8.67. The Bertz CT molecular complexity index is 848. The van der Waals surface area contributed by atoms with E-state index in [1.54, 1.807) is 26.0 Å². The van der Waals surface area contributed by atoms with Crippen LogP contribution in [-0.4, -0.2) is 13.3 Å². The summed E-state index contributed by atoms with van der Waals surface area (Å²) < 4.78 is 30.5. The van der Waals surface area contributed by atoms with Gasteiger partial charge in [-0.25, -0.2) is 0 Å². The molecule has 8 heteroatoms. The van der Waals surface area contributed by atoms with E-state index in [9.17, 15) is 18.5 Å². The number of non-ortho nitro benzene ring substituents is 1. The monoisotopic (exact) mass is 385 g/mol. The van der Waals surface area contributed by atoms with E-state index >= 15 is 0 Å². The van der Waals surface area contributed by atoms with Crippen molar-refractivity contribution in [2.45, 2.75) is 18.7 Å². The molecule has 0 saturated heterocycles. The molecule has 0 bridgehead atoms. The predicted octanol–water partition coefficient (Wildman–Crippen LogP) is 3.74. The highest BCUT2D eigenvalue weighted by Gasteiger charge is 2.24. The lowest BCUT2D eigenvalue weighted by Gasteiger charge is -2.11. The van der Waals surface area contributed by atoms with E-state index in [0.717, 1.165) is 6.07 Å². The van der Waals surface area contributed by atoms with Crippen LogP contribution in [0.5, 0.6) is 5.75 Å². The molecule has 0 radical (unpaired) electrons. The first-order valence-corrected chi connectivity index (χ1v) is 8.36. The maximum absolute atomic E-state index is 12.4. The van der Waals surface area contributed by atoms with Crippen molar-refractivity contribution in [3.63, 3.8) is 0 Å². The van der Waals surface area contributed by atoms with E-state index in [-0.39, 0.29) is 16.3 Å². The van der Waals surface area contributed by atoms with Crippen LogP contribution in [0, 0.1) is 24.0 Å². The minimum absolute atomic E-state index is 0.123. The summed E-state index contributed by atoms with van der Waals surface area (Å²) in [7, 11) is -4.16. The van der Waals surface area contributed by atoms with Gasteiger partial charge in [0.25, 0.3) is 5.69 Å². The van der Waals surface area contributed by atoms with Gasteiger partial charge in [0.15, 0.2) is 0 Å². The number of aryl methyl sites for hydroxylation is 1. The SMILES string of the molecule is Cc1cc([N+](=O)[O-])cc(S(=O)(=O)Oc2cccc(Br)c2)c1C. The Morgan fingerprint density at radius 3 is 2.45 bits per heavy atom. The summed E-state index contributed by atoms with van der Waals surface area (Å²) in [5.41, 5.74) is 0.630. The number of halogens is 1. The predicted molar refractivity (Wildman–Crippen MR) is 84.5 cm³/mol. The molecule has 0 aliphatic carbocycles. The molecular weight excluding hydrogens is 374 g/mol. The Morgan fingerprint density at radius 1 is 1.18 bits per heavy atom. The van der Waals surface area contributed by atoms with Gasteiger partial charge in [-0.1, -0.05) is 22.0 Å². The van der Waals surface area contributed by atoms with Crippen molar-refractivity contribution in [1.82, 2.24) is 0 Å². The smallest absolute Gasteiger partial charge is 0.339 e. The van der Waals surface area contributed by atoms with Gasteiger partial charge in [0.1, 0.15) is 10.6 Å². The highest BCUT2D eigenvalue weighted by atomic mass is 79.9. The number of nitrogens with zero attached hydrogens (tertiary/aromatic N) is 1. The lowest BCUT2D eigenvalue weighted by molar-refractivity contribution is -0.385. The summed E-state index contributed by atoms with van der Waals surface area (Å²) in [6.07, 6.45) is 0. The molecule has 0 aliphatic rings. The number of hydrogen-bond acceptors (Lipinski definition) is 5. The zero-order valence-corrected chi connectivity index (χ0v) is 14.1. The van der Waals surface area contributed by atoms with Gasteiger partial charge in [-0.15, -0.1) is 0 Å². The molecule has 0 spiro atoms. The Labute approximate surface area is 136 Å². The van der Waals surface area contributed by atoms with Gasteiger partial charge in [0.2, 0.25) is 0 Å². The number of rotatable bonds is 4. The summed E-state index contributed by atoms with van der Waals surface area (Å²) >= 11 is 3.22. The largest absolute Gasteiger partial charge is 0.379 e. The molecule has 0 saturated carbocycles. The van der Waals surface area contributed by atoms with Crippen LogP contribution in [0.2, 0.25) is 0 Å². The molecule has 0 atom stereocenters. The topological polar surface area (TPSA) is 86.5 Å². The third-order valence-electron chi connectivity index (χ3n) is 3.09. The molecule has 116 valence electrons. The second-order valence-electron chi connectivity index (χ2n) is 4.64. The van der Waals surface area contributed by atoms with Gasteiger partial charge in [-0.3, -0.25) is 10.1 Å². The lowest BCUT2D eigenvalue weighted by Crippen LogP contribution is -2.12. The minimum Gasteiger partial charge on any atom is -0.379 e. The lowest BCUT2D eigenvalue weighted by atomic mass is 10.1. The van der Waals surface area contributed by atoms with Crippen LogP contribution in [0.25, 0.3) is 0 Å². The fourth-order valence-electron chi connectivity index (χ4n) is 1.86. The van der Waals surface area contributed by atoms with E-state index < -0.39 is 15.0 Å². The first-order valence-electron chi connectivity index (χ1n) is 6.16. The quantitative estimate of drug-likeness (QED) is 0.454. The van der Waals surface area contributed by atoms with Crippen molar-refractivity contribution in [2.24, 2.45) is 0 Å². The molecule has 0 fully saturated rings. The summed E-state index contributed by atoms with van der Waals surface area (Å²) in [6.45, 7) is 3.19. The maximum Gasteiger partial charge on any atom is 0.339 e. The average Bonchev–Trinajstić information content (AvgIpc) is 2.40.